The summed E-state index contributed by atoms with van der Waals surface area (Å²) in [7, 11) is 0. The summed E-state index contributed by atoms with van der Waals surface area (Å²) < 4.78 is 39.3. The van der Waals surface area contributed by atoms with Crippen LogP contribution in [0.15, 0.2) is 30.9 Å². The predicted molar refractivity (Wildman–Crippen MR) is 89.2 cm³/mol. The van der Waals surface area contributed by atoms with Gasteiger partial charge in [-0.3, -0.25) is 9.69 Å². The number of alkyl halides is 3. The molecule has 2 N–H and O–H groups in total. The Morgan fingerprint density at radius 1 is 1.38 bits per heavy atom. The first-order valence-corrected chi connectivity index (χ1v) is 8.00. The largest absolute Gasteiger partial charge is 0.401 e. The Balaban J connectivity index is 2.11. The molecule has 1 aromatic heterocycles. The lowest BCUT2D eigenvalue weighted by atomic mass is 10.2. The van der Waals surface area contributed by atoms with Gasteiger partial charge in [0.15, 0.2) is 0 Å². The van der Waals surface area contributed by atoms with Crippen molar-refractivity contribution >= 4 is 23.2 Å². The maximum atomic E-state index is 12.6. The first-order chi connectivity index (χ1) is 12.3. The summed E-state index contributed by atoms with van der Waals surface area (Å²) in [5.41, 5.74) is 0.764. The number of hydrogen-bond donors (Lipinski definition) is 2. The van der Waals surface area contributed by atoms with E-state index in [1.54, 1.807) is 12.1 Å². The average Bonchev–Trinajstić information content (AvgIpc) is 3.05. The van der Waals surface area contributed by atoms with Gasteiger partial charge in [0.05, 0.1) is 24.5 Å². The lowest BCUT2D eigenvalue weighted by molar-refractivity contribution is -0.148. The molecule has 11 heteroatoms. The van der Waals surface area contributed by atoms with Gasteiger partial charge in [0, 0.05) is 18.2 Å². The van der Waals surface area contributed by atoms with Crippen molar-refractivity contribution in [2.24, 2.45) is 0 Å². The van der Waals surface area contributed by atoms with E-state index in [2.05, 4.69) is 15.4 Å². The van der Waals surface area contributed by atoms with Crippen molar-refractivity contribution in [3.63, 3.8) is 0 Å². The Labute approximate surface area is 152 Å². The highest BCUT2D eigenvalue weighted by Crippen LogP contribution is 2.24. The van der Waals surface area contributed by atoms with Gasteiger partial charge in [-0.25, -0.2) is 9.67 Å². The third kappa shape index (κ3) is 6.28. The number of nitrogens with zero attached hydrogens (tertiary/aromatic N) is 4. The summed E-state index contributed by atoms with van der Waals surface area (Å²) in [5, 5.41) is 15.7. The minimum absolute atomic E-state index is 0.0606. The van der Waals surface area contributed by atoms with Gasteiger partial charge in [0.25, 0.3) is 0 Å². The van der Waals surface area contributed by atoms with Gasteiger partial charge in [-0.2, -0.15) is 18.3 Å². The zero-order chi connectivity index (χ0) is 19.2. The number of rotatable bonds is 8. The van der Waals surface area contributed by atoms with E-state index >= 15 is 0 Å². The quantitative estimate of drug-likeness (QED) is 0.720. The number of anilines is 1. The average molecular weight is 392 g/mol. The highest BCUT2D eigenvalue weighted by molar-refractivity contribution is 6.31. The van der Waals surface area contributed by atoms with Crippen LogP contribution in [0.1, 0.15) is 6.42 Å². The number of carbonyl (C=O) groups is 1. The summed E-state index contributed by atoms with van der Waals surface area (Å²) in [5.74, 6) is -0.643. The van der Waals surface area contributed by atoms with E-state index in [1.165, 1.54) is 23.4 Å². The zero-order valence-corrected chi connectivity index (χ0v) is 14.3. The highest BCUT2D eigenvalue weighted by Gasteiger charge is 2.31. The van der Waals surface area contributed by atoms with Gasteiger partial charge in [-0.05, 0) is 24.6 Å². The molecule has 0 spiro atoms. The van der Waals surface area contributed by atoms with E-state index in [1.807, 2.05) is 0 Å². The fourth-order valence-electron chi connectivity index (χ4n) is 2.30. The van der Waals surface area contributed by atoms with Crippen LogP contribution in [0.3, 0.4) is 0 Å². The molecule has 7 nitrogen and oxygen atoms in total. The summed E-state index contributed by atoms with van der Waals surface area (Å²) in [4.78, 5) is 17.0. The molecule has 0 atom stereocenters. The topological polar surface area (TPSA) is 83.3 Å². The molecule has 0 saturated heterocycles. The van der Waals surface area contributed by atoms with Crippen LogP contribution >= 0.6 is 11.6 Å². The van der Waals surface area contributed by atoms with Crippen LogP contribution < -0.4 is 5.32 Å². The number of hydrogen-bond acceptors (Lipinski definition) is 5. The van der Waals surface area contributed by atoms with Crippen molar-refractivity contribution in [1.29, 1.82) is 0 Å². The van der Waals surface area contributed by atoms with Gasteiger partial charge in [0.2, 0.25) is 5.91 Å². The molecule has 1 aromatic carbocycles. The molecule has 0 radical (unpaired) electrons. The van der Waals surface area contributed by atoms with Crippen LogP contribution in [0.5, 0.6) is 0 Å². The maximum absolute atomic E-state index is 12.6. The summed E-state index contributed by atoms with van der Waals surface area (Å²) in [6, 6.07) is 4.66. The fourth-order valence-corrected chi connectivity index (χ4v) is 2.47. The molecule has 142 valence electrons. The summed E-state index contributed by atoms with van der Waals surface area (Å²) in [6.07, 6.45) is -1.60. The molecule has 0 bridgehead atoms. The second-order valence-electron chi connectivity index (χ2n) is 5.45. The molecular weight excluding hydrogens is 375 g/mol. The molecule has 2 aromatic rings. The van der Waals surface area contributed by atoms with E-state index in [0.717, 1.165) is 4.90 Å². The minimum atomic E-state index is -4.45. The van der Waals surface area contributed by atoms with Crippen LogP contribution in [0.2, 0.25) is 5.02 Å². The van der Waals surface area contributed by atoms with E-state index < -0.39 is 25.2 Å². The van der Waals surface area contributed by atoms with Gasteiger partial charge in [-0.1, -0.05) is 11.6 Å². The van der Waals surface area contributed by atoms with E-state index in [-0.39, 0.29) is 19.6 Å². The Morgan fingerprint density at radius 2 is 2.15 bits per heavy atom. The molecule has 2 rings (SSSR count). The molecule has 1 amide bonds. The van der Waals surface area contributed by atoms with Crippen molar-refractivity contribution in [1.82, 2.24) is 19.7 Å². The first-order valence-electron chi connectivity index (χ1n) is 7.63. The number of halogens is 4. The molecule has 0 aliphatic carbocycles. The van der Waals surface area contributed by atoms with Crippen molar-refractivity contribution in [3.05, 3.63) is 35.9 Å². The number of aliphatic hydroxyl groups excluding tert-OH is 1. The van der Waals surface area contributed by atoms with Crippen molar-refractivity contribution in [2.75, 3.05) is 31.6 Å². The van der Waals surface area contributed by atoms with Gasteiger partial charge in [0.1, 0.15) is 12.7 Å². The Bertz CT molecular complexity index is 725. The fraction of sp³-hybridized carbons (Fsp3) is 0.400. The number of aromatic nitrogens is 3. The number of benzene rings is 1. The van der Waals surface area contributed by atoms with E-state index in [4.69, 9.17) is 16.7 Å². The van der Waals surface area contributed by atoms with Crippen molar-refractivity contribution in [3.8, 4) is 5.69 Å². The van der Waals surface area contributed by atoms with Crippen molar-refractivity contribution in [2.45, 2.75) is 12.6 Å². The predicted octanol–water partition coefficient (Wildman–Crippen LogP) is 2.11. The van der Waals surface area contributed by atoms with Crippen LogP contribution in [0.25, 0.3) is 5.69 Å². The van der Waals surface area contributed by atoms with Crippen LogP contribution in [-0.4, -0.2) is 63.1 Å². The molecule has 0 aliphatic rings. The SMILES string of the molecule is O=C(CN(CCCO)CC(F)(F)F)Nc1cc(Cl)ccc1-n1cncn1. The second kappa shape index (κ2) is 8.97. The van der Waals surface area contributed by atoms with Crippen molar-refractivity contribution < 1.29 is 23.1 Å². The summed E-state index contributed by atoms with van der Waals surface area (Å²) in [6.45, 7) is -2.05. The molecule has 1 heterocycles. The minimum Gasteiger partial charge on any atom is -0.396 e. The molecule has 0 unspecified atom stereocenters. The van der Waals surface area contributed by atoms with Crippen LogP contribution in [0.4, 0.5) is 18.9 Å². The maximum Gasteiger partial charge on any atom is 0.401 e. The monoisotopic (exact) mass is 391 g/mol. The van der Waals surface area contributed by atoms with Gasteiger partial charge in [-0.15, -0.1) is 0 Å². The summed E-state index contributed by atoms with van der Waals surface area (Å²) >= 11 is 5.94. The van der Waals surface area contributed by atoms with Gasteiger partial charge < -0.3 is 10.4 Å². The molecular formula is C15H17ClF3N5O2. The molecule has 26 heavy (non-hydrogen) atoms. The Hall–Kier alpha value is -2.17. The molecule has 0 fully saturated rings. The zero-order valence-electron chi connectivity index (χ0n) is 13.6. The van der Waals surface area contributed by atoms with Gasteiger partial charge >= 0.3 is 6.18 Å². The van der Waals surface area contributed by atoms with E-state index in [0.29, 0.717) is 16.4 Å². The second-order valence-corrected chi connectivity index (χ2v) is 5.89. The lowest BCUT2D eigenvalue weighted by Crippen LogP contribution is -2.40. The van der Waals surface area contributed by atoms with Crippen LogP contribution in [-0.2, 0) is 4.79 Å². The number of nitrogens with one attached hydrogen (secondary N) is 1. The molecule has 0 saturated carbocycles. The molecule has 0 aliphatic heterocycles. The van der Waals surface area contributed by atoms with Crippen LogP contribution in [0, 0.1) is 0 Å². The Kier molecular flexibility index (Phi) is 6.95. The lowest BCUT2D eigenvalue weighted by Gasteiger charge is -2.23. The first kappa shape index (κ1) is 20.1. The third-order valence-electron chi connectivity index (χ3n) is 3.30. The Morgan fingerprint density at radius 3 is 2.77 bits per heavy atom. The standard InChI is InChI=1S/C15H17ClF3N5O2/c16-11-2-3-13(24-10-20-9-21-24)12(6-11)22-14(26)7-23(4-1-5-25)8-15(17,18)19/h2-3,6,9-10,25H,1,4-5,7-8H2,(H,22,26). The number of carbonyl (C=O) groups excluding carboxylic acids is 1. The third-order valence-corrected chi connectivity index (χ3v) is 3.54. The highest BCUT2D eigenvalue weighted by atomic mass is 35.5. The van der Waals surface area contributed by atoms with E-state index in [9.17, 15) is 18.0 Å². The smallest absolute Gasteiger partial charge is 0.396 e. The normalized spacial score (nSPS) is 11.8. The number of amides is 1. The number of aliphatic hydroxyl groups is 1.